The molecule has 1 N–H and O–H groups in total. The number of amides is 1. The third-order valence-electron chi connectivity index (χ3n) is 6.24. The summed E-state index contributed by atoms with van der Waals surface area (Å²) in [7, 11) is 0. The van der Waals surface area contributed by atoms with Gasteiger partial charge in [0.15, 0.2) is 0 Å². The number of benzene rings is 2. The number of Topliss-reactive ketones (excluding diaryl/α,β-unsaturated/α-hetero) is 1. The smallest absolute Gasteiger partial charge is 0.295 e. The van der Waals surface area contributed by atoms with E-state index in [0.29, 0.717) is 17.1 Å². The van der Waals surface area contributed by atoms with Crippen molar-refractivity contribution in [1.82, 2.24) is 4.90 Å². The molecule has 2 fully saturated rings. The van der Waals surface area contributed by atoms with Crippen LogP contribution in [0.1, 0.15) is 70.5 Å². The third kappa shape index (κ3) is 4.81. The van der Waals surface area contributed by atoms with Crippen LogP contribution in [0.3, 0.4) is 0 Å². The number of ketones is 1. The second-order valence-electron chi connectivity index (χ2n) is 9.57. The molecule has 1 unspecified atom stereocenters. The molecule has 6 heteroatoms. The van der Waals surface area contributed by atoms with Gasteiger partial charge in [0.25, 0.3) is 11.7 Å². The molecular weight excluding hydrogens is 430 g/mol. The summed E-state index contributed by atoms with van der Waals surface area (Å²) in [5.41, 5.74) is 1.35. The van der Waals surface area contributed by atoms with E-state index in [1.807, 2.05) is 52.0 Å². The van der Waals surface area contributed by atoms with Crippen LogP contribution in [-0.4, -0.2) is 39.9 Å². The fraction of sp³-hybridized carbons (Fsp3) is 0.429. The van der Waals surface area contributed by atoms with Crippen molar-refractivity contribution < 1.29 is 24.2 Å². The van der Waals surface area contributed by atoms with Crippen LogP contribution in [0.4, 0.5) is 0 Å². The Morgan fingerprint density at radius 1 is 0.912 bits per heavy atom. The molecule has 2 aromatic rings. The standard InChI is InChI=1S/C28H33NO5/c1-17(2)33-22-14-12-19(13-15-22)26(30)24-25(20-8-7-11-23(16-20)34-18(3)4)29(28(32)27(24)31)21-9-5-6-10-21/h7-8,11-18,21,25,30H,5-6,9-10H2,1-4H3/b26-24-. The number of ether oxygens (including phenoxy) is 2. The van der Waals surface area contributed by atoms with Gasteiger partial charge in [-0.2, -0.15) is 0 Å². The minimum Gasteiger partial charge on any atom is -0.507 e. The van der Waals surface area contributed by atoms with Crippen LogP contribution in [0.15, 0.2) is 54.1 Å². The Morgan fingerprint density at radius 3 is 2.15 bits per heavy atom. The summed E-state index contributed by atoms with van der Waals surface area (Å²) < 4.78 is 11.6. The molecule has 1 saturated heterocycles. The second kappa shape index (κ2) is 9.92. The predicted molar refractivity (Wildman–Crippen MR) is 131 cm³/mol. The highest BCUT2D eigenvalue weighted by Gasteiger charge is 2.49. The minimum atomic E-state index is -0.662. The summed E-state index contributed by atoms with van der Waals surface area (Å²) >= 11 is 0. The van der Waals surface area contributed by atoms with Gasteiger partial charge in [0.2, 0.25) is 0 Å². The summed E-state index contributed by atoms with van der Waals surface area (Å²) in [5.74, 6) is -0.0247. The molecule has 1 aliphatic heterocycles. The van der Waals surface area contributed by atoms with Crippen molar-refractivity contribution in [3.63, 3.8) is 0 Å². The number of nitrogens with zero attached hydrogens (tertiary/aromatic N) is 1. The molecule has 180 valence electrons. The molecule has 0 bridgehead atoms. The first-order valence-electron chi connectivity index (χ1n) is 12.1. The fourth-order valence-corrected chi connectivity index (χ4v) is 4.89. The van der Waals surface area contributed by atoms with Crippen LogP contribution in [0, 0.1) is 0 Å². The lowest BCUT2D eigenvalue weighted by molar-refractivity contribution is -0.141. The van der Waals surface area contributed by atoms with E-state index in [9.17, 15) is 14.7 Å². The van der Waals surface area contributed by atoms with Gasteiger partial charge in [-0.15, -0.1) is 0 Å². The Hall–Kier alpha value is -3.28. The van der Waals surface area contributed by atoms with Gasteiger partial charge < -0.3 is 19.5 Å². The van der Waals surface area contributed by atoms with Crippen molar-refractivity contribution in [2.45, 2.75) is 77.7 Å². The van der Waals surface area contributed by atoms with E-state index in [0.717, 1.165) is 31.2 Å². The van der Waals surface area contributed by atoms with Gasteiger partial charge >= 0.3 is 0 Å². The number of aliphatic hydroxyl groups is 1. The lowest BCUT2D eigenvalue weighted by Gasteiger charge is -2.31. The molecule has 2 aromatic carbocycles. The van der Waals surface area contributed by atoms with Gasteiger partial charge in [-0.25, -0.2) is 0 Å². The highest BCUT2D eigenvalue weighted by atomic mass is 16.5. The van der Waals surface area contributed by atoms with Gasteiger partial charge in [0.1, 0.15) is 17.3 Å². The maximum absolute atomic E-state index is 13.3. The van der Waals surface area contributed by atoms with Crippen molar-refractivity contribution in [2.75, 3.05) is 0 Å². The number of carbonyl (C=O) groups is 2. The Labute approximate surface area is 201 Å². The first-order chi connectivity index (χ1) is 16.3. The Kier molecular flexibility index (Phi) is 6.96. The van der Waals surface area contributed by atoms with Crippen molar-refractivity contribution >= 4 is 17.4 Å². The van der Waals surface area contributed by atoms with Gasteiger partial charge in [-0.1, -0.05) is 25.0 Å². The highest BCUT2D eigenvalue weighted by molar-refractivity contribution is 6.46. The summed E-state index contributed by atoms with van der Waals surface area (Å²) in [6, 6.07) is 13.7. The SMILES string of the molecule is CC(C)Oc1ccc(/C(O)=C2/C(=O)C(=O)N(C3CCCC3)C2c2cccc(OC(C)C)c2)cc1. The molecule has 1 heterocycles. The fourth-order valence-electron chi connectivity index (χ4n) is 4.89. The number of hydrogen-bond donors (Lipinski definition) is 1. The van der Waals surface area contributed by atoms with Gasteiger partial charge in [0, 0.05) is 11.6 Å². The first-order valence-corrected chi connectivity index (χ1v) is 12.1. The summed E-state index contributed by atoms with van der Waals surface area (Å²) in [6.45, 7) is 7.78. The van der Waals surface area contributed by atoms with Gasteiger partial charge in [0.05, 0.1) is 23.8 Å². The zero-order valence-electron chi connectivity index (χ0n) is 20.3. The van der Waals surface area contributed by atoms with Crippen LogP contribution in [0.25, 0.3) is 5.76 Å². The number of hydrogen-bond acceptors (Lipinski definition) is 5. The average Bonchev–Trinajstić information content (AvgIpc) is 3.40. The van der Waals surface area contributed by atoms with E-state index >= 15 is 0 Å². The lowest BCUT2D eigenvalue weighted by atomic mass is 9.94. The number of aliphatic hydroxyl groups excluding tert-OH is 1. The van der Waals surface area contributed by atoms with Crippen LogP contribution in [-0.2, 0) is 9.59 Å². The first kappa shape index (κ1) is 23.9. The normalized spacial score (nSPS) is 20.5. The van der Waals surface area contributed by atoms with E-state index in [1.165, 1.54) is 0 Å². The van der Waals surface area contributed by atoms with Crippen LogP contribution >= 0.6 is 0 Å². The Morgan fingerprint density at radius 2 is 1.53 bits per heavy atom. The Bertz CT molecular complexity index is 1080. The monoisotopic (exact) mass is 463 g/mol. The molecule has 1 aliphatic carbocycles. The summed E-state index contributed by atoms with van der Waals surface area (Å²) in [4.78, 5) is 28.2. The van der Waals surface area contributed by atoms with E-state index in [2.05, 4.69) is 0 Å². The zero-order valence-corrected chi connectivity index (χ0v) is 20.3. The average molecular weight is 464 g/mol. The predicted octanol–water partition coefficient (Wildman–Crippen LogP) is 5.63. The molecule has 6 nitrogen and oxygen atoms in total. The maximum Gasteiger partial charge on any atom is 0.295 e. The number of carbonyl (C=O) groups excluding carboxylic acids is 2. The van der Waals surface area contributed by atoms with Crippen LogP contribution in [0.5, 0.6) is 11.5 Å². The molecule has 4 rings (SSSR count). The van der Waals surface area contributed by atoms with Gasteiger partial charge in [-0.05, 0) is 82.5 Å². The summed E-state index contributed by atoms with van der Waals surface area (Å²) in [6.07, 6.45) is 3.77. The largest absolute Gasteiger partial charge is 0.507 e. The molecule has 1 amide bonds. The maximum atomic E-state index is 13.3. The molecular formula is C28H33NO5. The topological polar surface area (TPSA) is 76.1 Å². The van der Waals surface area contributed by atoms with Crippen molar-refractivity contribution in [2.24, 2.45) is 0 Å². The molecule has 0 radical (unpaired) electrons. The number of rotatable bonds is 7. The van der Waals surface area contributed by atoms with E-state index in [-0.39, 0.29) is 29.6 Å². The molecule has 1 atom stereocenters. The van der Waals surface area contributed by atoms with Crippen molar-refractivity contribution in [1.29, 1.82) is 0 Å². The molecule has 34 heavy (non-hydrogen) atoms. The van der Waals surface area contributed by atoms with Crippen molar-refractivity contribution in [3.8, 4) is 11.5 Å². The van der Waals surface area contributed by atoms with Crippen LogP contribution < -0.4 is 9.47 Å². The van der Waals surface area contributed by atoms with E-state index in [1.54, 1.807) is 29.2 Å². The molecule has 1 saturated carbocycles. The molecule has 0 aromatic heterocycles. The van der Waals surface area contributed by atoms with E-state index in [4.69, 9.17) is 9.47 Å². The molecule has 2 aliphatic rings. The second-order valence-corrected chi connectivity index (χ2v) is 9.57. The van der Waals surface area contributed by atoms with E-state index < -0.39 is 17.7 Å². The van der Waals surface area contributed by atoms with Crippen LogP contribution in [0.2, 0.25) is 0 Å². The Balaban J connectivity index is 1.80. The van der Waals surface area contributed by atoms with Gasteiger partial charge in [-0.3, -0.25) is 9.59 Å². The highest BCUT2D eigenvalue weighted by Crippen LogP contribution is 2.44. The summed E-state index contributed by atoms with van der Waals surface area (Å²) in [5, 5.41) is 11.3. The number of likely N-dealkylation sites (tertiary alicyclic amines) is 1. The third-order valence-corrected chi connectivity index (χ3v) is 6.24. The zero-order chi connectivity index (χ0) is 24.4. The lowest BCUT2D eigenvalue weighted by Crippen LogP contribution is -2.37. The molecule has 0 spiro atoms. The quantitative estimate of drug-likeness (QED) is 0.327. The van der Waals surface area contributed by atoms with Crippen molar-refractivity contribution in [3.05, 3.63) is 65.2 Å². The minimum absolute atomic E-state index is 0.0111.